The van der Waals surface area contributed by atoms with Crippen molar-refractivity contribution in [1.82, 2.24) is 29.4 Å². The number of hydrogen-bond donors (Lipinski definition) is 1. The Morgan fingerprint density at radius 3 is 2.36 bits per heavy atom. The molecule has 0 aliphatic carbocycles. The number of furan rings is 1. The van der Waals surface area contributed by atoms with Gasteiger partial charge in [0.1, 0.15) is 23.2 Å². The molecule has 0 spiro atoms. The maximum atomic E-state index is 13.4. The van der Waals surface area contributed by atoms with Crippen molar-refractivity contribution in [2.45, 2.75) is 46.2 Å². The predicted octanol–water partition coefficient (Wildman–Crippen LogP) is 4.67. The van der Waals surface area contributed by atoms with E-state index in [9.17, 15) is 31.9 Å². The molecule has 0 aromatic carbocycles. The van der Waals surface area contributed by atoms with Crippen LogP contribution < -0.4 is 5.32 Å². The van der Waals surface area contributed by atoms with E-state index in [-0.39, 0.29) is 24.0 Å². The van der Waals surface area contributed by atoms with Gasteiger partial charge in [-0.2, -0.15) is 10.2 Å². The fraction of sp³-hybridized carbons (Fsp3) is 0.480. The van der Waals surface area contributed by atoms with E-state index in [0.29, 0.717) is 42.2 Å². The summed E-state index contributed by atoms with van der Waals surface area (Å²) in [7, 11) is 0. The first-order valence-electron chi connectivity index (χ1n) is 12.9. The summed E-state index contributed by atoms with van der Waals surface area (Å²) in [5.41, 5.74) is -1.16. The predicted molar refractivity (Wildman–Crippen MR) is 140 cm³/mol. The van der Waals surface area contributed by atoms with Crippen LogP contribution in [-0.4, -0.2) is 80.1 Å². The van der Waals surface area contributed by atoms with Crippen LogP contribution in [0.25, 0.3) is 0 Å². The average Bonchev–Trinajstić information content (AvgIpc) is 3.65. The van der Waals surface area contributed by atoms with Crippen LogP contribution in [0.15, 0.2) is 22.7 Å². The number of hydrogen-bond acceptors (Lipinski definition) is 7. The molecule has 0 saturated carbocycles. The van der Waals surface area contributed by atoms with Crippen molar-refractivity contribution in [1.29, 1.82) is 0 Å². The van der Waals surface area contributed by atoms with Crippen molar-refractivity contribution in [2.24, 2.45) is 0 Å². The number of halogens is 5. The molecule has 12 nitrogen and oxygen atoms in total. The normalized spacial score (nSPS) is 14.5. The van der Waals surface area contributed by atoms with Gasteiger partial charge in [0.05, 0.1) is 29.6 Å². The van der Waals surface area contributed by atoms with Crippen molar-refractivity contribution in [3.63, 3.8) is 0 Å². The van der Waals surface area contributed by atoms with Gasteiger partial charge in [-0.05, 0) is 32.9 Å². The average molecular weight is 618 g/mol. The smallest absolute Gasteiger partial charge is 0.409 e. The first kappa shape index (κ1) is 30.9. The maximum Gasteiger partial charge on any atom is 0.409 e. The number of aromatic nitrogens is 4. The summed E-state index contributed by atoms with van der Waals surface area (Å²) in [5, 5.41) is 9.60. The highest BCUT2D eigenvalue weighted by molar-refractivity contribution is 6.32. The Labute approximate surface area is 242 Å². The van der Waals surface area contributed by atoms with Gasteiger partial charge in [-0.15, -0.1) is 0 Å². The molecule has 0 bridgehead atoms. The second-order valence-electron chi connectivity index (χ2n) is 9.36. The molecule has 1 saturated heterocycles. The third-order valence-electron chi connectivity index (χ3n) is 6.60. The van der Waals surface area contributed by atoms with Crippen LogP contribution >= 0.6 is 11.6 Å². The minimum atomic E-state index is -3.17. The van der Waals surface area contributed by atoms with Gasteiger partial charge in [-0.3, -0.25) is 19.0 Å². The lowest BCUT2D eigenvalue weighted by Crippen LogP contribution is -2.52. The fourth-order valence-electron chi connectivity index (χ4n) is 4.36. The number of carbonyl (C=O) groups is 3. The number of nitrogens with zero attached hydrogens (tertiary/aromatic N) is 6. The summed E-state index contributed by atoms with van der Waals surface area (Å²) in [5.74, 6) is -1.10. The SMILES string of the molecule is CCOC(=O)N1CCN(C(=O)C(C)n2cc(NC(=O)c3ccc(Cn4nc(C(F)F)c(Cl)c4C(F)F)o3)c(C)n2)CC1. The summed E-state index contributed by atoms with van der Waals surface area (Å²) < 4.78 is 65.5. The highest BCUT2D eigenvalue weighted by Crippen LogP contribution is 2.35. The van der Waals surface area contributed by atoms with Crippen molar-refractivity contribution < 1.29 is 41.1 Å². The molecule has 1 N–H and O–H groups in total. The maximum absolute atomic E-state index is 13.4. The number of amides is 3. The minimum Gasteiger partial charge on any atom is -0.454 e. The van der Waals surface area contributed by atoms with E-state index in [4.69, 9.17) is 20.8 Å². The number of carbonyl (C=O) groups excluding carboxylic acids is 3. The lowest BCUT2D eigenvalue weighted by Gasteiger charge is -2.35. The lowest BCUT2D eigenvalue weighted by atomic mass is 10.2. The second-order valence-corrected chi connectivity index (χ2v) is 9.74. The number of alkyl halides is 4. The van der Waals surface area contributed by atoms with E-state index in [1.165, 1.54) is 27.9 Å². The van der Waals surface area contributed by atoms with Crippen LogP contribution in [-0.2, 0) is 16.1 Å². The quantitative estimate of drug-likeness (QED) is 0.346. The zero-order valence-corrected chi connectivity index (χ0v) is 23.6. The second kappa shape index (κ2) is 12.8. The largest absolute Gasteiger partial charge is 0.454 e. The van der Waals surface area contributed by atoms with E-state index in [0.717, 1.165) is 0 Å². The van der Waals surface area contributed by atoms with E-state index in [2.05, 4.69) is 15.5 Å². The number of piperazine rings is 1. The standard InChI is InChI=1S/C25H28ClF4N7O5/c1-4-41-25(40)35-9-7-34(8-10-35)24(39)14(3)36-12-16(13(2)32-36)31-23(38)17-6-5-15(42-17)11-37-20(22(29)30)18(26)19(33-37)21(27)28/h5-6,12,14,21-22H,4,7-11H2,1-3H3,(H,31,38). The third-order valence-corrected chi connectivity index (χ3v) is 6.98. The fourth-order valence-corrected chi connectivity index (χ4v) is 4.66. The first-order chi connectivity index (χ1) is 19.9. The van der Waals surface area contributed by atoms with Gasteiger partial charge < -0.3 is 24.3 Å². The zero-order chi connectivity index (χ0) is 30.7. The Balaban J connectivity index is 1.39. The van der Waals surface area contributed by atoms with Crippen molar-refractivity contribution in [3.8, 4) is 0 Å². The Morgan fingerprint density at radius 2 is 1.74 bits per heavy atom. The highest BCUT2D eigenvalue weighted by atomic mass is 35.5. The van der Waals surface area contributed by atoms with Crippen molar-refractivity contribution in [3.05, 3.63) is 52.0 Å². The van der Waals surface area contributed by atoms with E-state index < -0.39 is 53.8 Å². The van der Waals surface area contributed by atoms with Gasteiger partial charge in [0.25, 0.3) is 18.8 Å². The molecule has 3 amide bonds. The Kier molecular flexibility index (Phi) is 9.43. The number of rotatable bonds is 9. The number of ether oxygens (including phenoxy) is 1. The molecular formula is C25H28ClF4N7O5. The molecule has 1 aliphatic heterocycles. The van der Waals surface area contributed by atoms with Crippen LogP contribution in [0.2, 0.25) is 5.02 Å². The van der Waals surface area contributed by atoms with Gasteiger partial charge in [-0.1, -0.05) is 11.6 Å². The van der Waals surface area contributed by atoms with E-state index in [1.807, 2.05) is 0 Å². The summed E-state index contributed by atoms with van der Waals surface area (Å²) in [6, 6.07) is 1.90. The molecule has 4 heterocycles. The molecule has 4 rings (SSSR count). The van der Waals surface area contributed by atoms with Gasteiger partial charge in [0.2, 0.25) is 5.91 Å². The monoisotopic (exact) mass is 617 g/mol. The third kappa shape index (κ3) is 6.53. The number of aryl methyl sites for hydroxylation is 1. The molecule has 1 fully saturated rings. The van der Waals surface area contributed by atoms with Crippen LogP contribution in [0, 0.1) is 6.92 Å². The van der Waals surface area contributed by atoms with Crippen LogP contribution in [0.5, 0.6) is 0 Å². The molecule has 17 heteroatoms. The summed E-state index contributed by atoms with van der Waals surface area (Å²) in [4.78, 5) is 41.0. The minimum absolute atomic E-state index is 0.00303. The first-order valence-corrected chi connectivity index (χ1v) is 13.3. The molecule has 3 aromatic rings. The molecular weight excluding hydrogens is 590 g/mol. The van der Waals surface area contributed by atoms with Crippen LogP contribution in [0.4, 0.5) is 28.0 Å². The highest BCUT2D eigenvalue weighted by Gasteiger charge is 2.30. The summed E-state index contributed by atoms with van der Waals surface area (Å²) >= 11 is 5.67. The lowest BCUT2D eigenvalue weighted by molar-refractivity contribution is -0.136. The van der Waals surface area contributed by atoms with Gasteiger partial charge >= 0.3 is 6.09 Å². The zero-order valence-electron chi connectivity index (χ0n) is 22.8. The molecule has 0 radical (unpaired) electrons. The van der Waals surface area contributed by atoms with Crippen LogP contribution in [0.3, 0.4) is 0 Å². The van der Waals surface area contributed by atoms with E-state index in [1.54, 1.807) is 25.7 Å². The van der Waals surface area contributed by atoms with Gasteiger partial charge in [0, 0.05) is 32.4 Å². The van der Waals surface area contributed by atoms with E-state index >= 15 is 0 Å². The molecule has 42 heavy (non-hydrogen) atoms. The Morgan fingerprint density at radius 1 is 1.07 bits per heavy atom. The van der Waals surface area contributed by atoms with Crippen molar-refractivity contribution in [2.75, 3.05) is 38.1 Å². The molecule has 1 aliphatic rings. The number of nitrogens with one attached hydrogen (secondary N) is 1. The number of anilines is 1. The molecule has 228 valence electrons. The molecule has 1 unspecified atom stereocenters. The Hall–Kier alpha value is -4.08. The van der Waals surface area contributed by atoms with Gasteiger partial charge in [-0.25, -0.2) is 22.4 Å². The summed E-state index contributed by atoms with van der Waals surface area (Å²) in [6.07, 6.45) is -5.26. The Bertz CT molecular complexity index is 1450. The molecule has 1 atom stereocenters. The molecule has 3 aromatic heterocycles. The topological polar surface area (TPSA) is 128 Å². The van der Waals surface area contributed by atoms with Gasteiger partial charge in [0.15, 0.2) is 5.76 Å². The van der Waals surface area contributed by atoms with Crippen LogP contribution in [0.1, 0.15) is 66.1 Å². The summed E-state index contributed by atoms with van der Waals surface area (Å²) in [6.45, 7) is 6.15. The van der Waals surface area contributed by atoms with Crippen molar-refractivity contribution >= 4 is 35.2 Å².